The van der Waals surface area contributed by atoms with Crippen molar-refractivity contribution in [1.29, 1.82) is 0 Å². The van der Waals surface area contributed by atoms with E-state index in [4.69, 9.17) is 11.6 Å². The predicted octanol–water partition coefficient (Wildman–Crippen LogP) is 4.56. The van der Waals surface area contributed by atoms with Gasteiger partial charge in [0, 0.05) is 6.54 Å². The number of nitrogens with one attached hydrogen (secondary N) is 2. The van der Waals surface area contributed by atoms with Crippen molar-refractivity contribution in [3.05, 3.63) is 89.4 Å². The van der Waals surface area contributed by atoms with E-state index >= 15 is 0 Å². The van der Waals surface area contributed by atoms with E-state index in [1.54, 1.807) is 60.7 Å². The molecule has 7 nitrogen and oxygen atoms in total. The second-order valence-corrected chi connectivity index (χ2v) is 10.2. The molecule has 0 unspecified atom stereocenters. The van der Waals surface area contributed by atoms with Gasteiger partial charge in [-0.3, -0.25) is 13.9 Å². The zero-order chi connectivity index (χ0) is 24.7. The van der Waals surface area contributed by atoms with E-state index in [2.05, 4.69) is 10.6 Å². The van der Waals surface area contributed by atoms with E-state index in [-0.39, 0.29) is 38.7 Å². The minimum absolute atomic E-state index is 0.0242. The lowest BCUT2D eigenvalue weighted by Crippen LogP contribution is -2.38. The van der Waals surface area contributed by atoms with Gasteiger partial charge in [0.15, 0.2) is 0 Å². The molecule has 3 aromatic carbocycles. The number of benzene rings is 3. The number of anilines is 2. The Hall–Kier alpha value is -3.36. The summed E-state index contributed by atoms with van der Waals surface area (Å²) < 4.78 is 27.8. The normalized spacial score (nSPS) is 11.2. The molecule has 0 spiro atoms. The van der Waals surface area contributed by atoms with Crippen LogP contribution in [-0.4, -0.2) is 33.3 Å². The number of halogens is 1. The van der Waals surface area contributed by atoms with Crippen molar-refractivity contribution in [3.63, 3.8) is 0 Å². The number of carbonyl (C=O) groups excluding carboxylic acids is 2. The van der Waals surface area contributed by atoms with Crippen LogP contribution in [0.1, 0.15) is 24.2 Å². The largest absolute Gasteiger partial charge is 0.352 e. The van der Waals surface area contributed by atoms with Gasteiger partial charge in [-0.2, -0.15) is 0 Å². The van der Waals surface area contributed by atoms with Gasteiger partial charge in [-0.15, -0.1) is 0 Å². The molecule has 0 saturated heterocycles. The summed E-state index contributed by atoms with van der Waals surface area (Å²) in [4.78, 5) is 25.7. The van der Waals surface area contributed by atoms with E-state index in [1.165, 1.54) is 18.2 Å². The monoisotopic (exact) mass is 499 g/mol. The van der Waals surface area contributed by atoms with Crippen molar-refractivity contribution in [2.75, 3.05) is 22.7 Å². The highest BCUT2D eigenvalue weighted by molar-refractivity contribution is 7.92. The molecule has 0 radical (unpaired) electrons. The molecule has 3 rings (SSSR count). The van der Waals surface area contributed by atoms with Gasteiger partial charge in [-0.05, 0) is 42.3 Å². The van der Waals surface area contributed by atoms with Crippen LogP contribution in [0.25, 0.3) is 0 Å². The van der Waals surface area contributed by atoms with Gasteiger partial charge in [0.25, 0.3) is 15.9 Å². The van der Waals surface area contributed by atoms with Gasteiger partial charge in [0.05, 0.1) is 26.9 Å². The van der Waals surface area contributed by atoms with Gasteiger partial charge in [0.2, 0.25) is 5.91 Å². The van der Waals surface area contributed by atoms with Gasteiger partial charge < -0.3 is 10.6 Å². The van der Waals surface area contributed by atoms with Crippen LogP contribution in [0, 0.1) is 5.92 Å². The summed E-state index contributed by atoms with van der Waals surface area (Å²) in [5.41, 5.74) is 0.739. The zero-order valence-electron chi connectivity index (χ0n) is 18.9. The summed E-state index contributed by atoms with van der Waals surface area (Å²) in [6, 6.07) is 20.8. The van der Waals surface area contributed by atoms with Crippen molar-refractivity contribution in [3.8, 4) is 0 Å². The number of amides is 2. The number of hydrogen-bond donors (Lipinski definition) is 2. The molecule has 2 amide bonds. The molecule has 2 N–H and O–H groups in total. The fraction of sp³-hybridized carbons (Fsp3) is 0.200. The number of carbonyl (C=O) groups is 2. The Bertz CT molecular complexity index is 1260. The average molecular weight is 500 g/mol. The topological polar surface area (TPSA) is 95.6 Å². The molecule has 3 aromatic rings. The van der Waals surface area contributed by atoms with E-state index in [9.17, 15) is 18.0 Å². The molecule has 0 aliphatic rings. The van der Waals surface area contributed by atoms with E-state index in [0.717, 1.165) is 4.31 Å². The zero-order valence-corrected chi connectivity index (χ0v) is 20.4. The van der Waals surface area contributed by atoms with E-state index < -0.39 is 22.5 Å². The number of nitrogens with zero attached hydrogens (tertiary/aromatic N) is 1. The standard InChI is InChI=1S/C25H26ClN3O4S/c1-18(2)16-27-25(31)20-12-6-8-14-22(20)28-24(30)17-29(23-15-9-7-13-21(23)26)34(32,33)19-10-4-3-5-11-19/h3-15,18H,16-17H2,1-2H3,(H,27,31)(H,28,30). The molecular formula is C25H26ClN3O4S. The highest BCUT2D eigenvalue weighted by Crippen LogP contribution is 2.30. The van der Waals surface area contributed by atoms with Crippen molar-refractivity contribution < 1.29 is 18.0 Å². The minimum atomic E-state index is -4.10. The van der Waals surface area contributed by atoms with Crippen LogP contribution >= 0.6 is 11.6 Å². The van der Waals surface area contributed by atoms with Gasteiger partial charge in [0.1, 0.15) is 6.54 Å². The Morgan fingerprint density at radius 2 is 1.53 bits per heavy atom. The molecule has 0 aliphatic carbocycles. The van der Waals surface area contributed by atoms with Crippen LogP contribution in [0.2, 0.25) is 5.02 Å². The molecule has 0 saturated carbocycles. The summed E-state index contributed by atoms with van der Waals surface area (Å²) in [5.74, 6) is -0.689. The highest BCUT2D eigenvalue weighted by atomic mass is 35.5. The summed E-state index contributed by atoms with van der Waals surface area (Å²) in [5, 5.41) is 5.67. The van der Waals surface area contributed by atoms with Crippen molar-refractivity contribution in [2.45, 2.75) is 18.7 Å². The molecule has 0 fully saturated rings. The second-order valence-electron chi connectivity index (χ2n) is 7.97. The first-order valence-corrected chi connectivity index (χ1v) is 12.5. The fourth-order valence-corrected chi connectivity index (χ4v) is 4.92. The smallest absolute Gasteiger partial charge is 0.264 e. The minimum Gasteiger partial charge on any atom is -0.352 e. The predicted molar refractivity (Wildman–Crippen MR) is 135 cm³/mol. The Balaban J connectivity index is 1.90. The van der Waals surface area contributed by atoms with Crippen LogP contribution in [0.3, 0.4) is 0 Å². The van der Waals surface area contributed by atoms with Crippen LogP contribution in [-0.2, 0) is 14.8 Å². The lowest BCUT2D eigenvalue weighted by molar-refractivity contribution is -0.114. The summed E-state index contributed by atoms with van der Waals surface area (Å²) in [6.07, 6.45) is 0. The molecule has 0 atom stereocenters. The van der Waals surface area contributed by atoms with Crippen molar-refractivity contribution >= 4 is 44.8 Å². The fourth-order valence-electron chi connectivity index (χ4n) is 3.18. The number of rotatable bonds is 9. The van der Waals surface area contributed by atoms with E-state index in [0.29, 0.717) is 6.54 Å². The summed E-state index contributed by atoms with van der Waals surface area (Å²) in [7, 11) is -4.10. The van der Waals surface area contributed by atoms with E-state index in [1.807, 2.05) is 13.8 Å². The molecule has 0 bridgehead atoms. The lowest BCUT2D eigenvalue weighted by atomic mass is 10.1. The maximum Gasteiger partial charge on any atom is 0.264 e. The first-order chi connectivity index (χ1) is 16.2. The Morgan fingerprint density at radius 1 is 0.912 bits per heavy atom. The number of hydrogen-bond acceptors (Lipinski definition) is 4. The Labute approximate surface area is 204 Å². The first kappa shape index (κ1) is 25.3. The maximum atomic E-state index is 13.4. The van der Waals surface area contributed by atoms with Crippen LogP contribution in [0.4, 0.5) is 11.4 Å². The van der Waals surface area contributed by atoms with Crippen LogP contribution in [0.5, 0.6) is 0 Å². The molecular weight excluding hydrogens is 474 g/mol. The van der Waals surface area contributed by atoms with Gasteiger partial charge in [-0.1, -0.05) is 67.9 Å². The van der Waals surface area contributed by atoms with Gasteiger partial charge >= 0.3 is 0 Å². The molecule has 178 valence electrons. The molecule has 9 heteroatoms. The Morgan fingerprint density at radius 3 is 2.21 bits per heavy atom. The number of para-hydroxylation sites is 2. The lowest BCUT2D eigenvalue weighted by Gasteiger charge is -2.25. The average Bonchev–Trinajstić information content (AvgIpc) is 2.82. The summed E-state index contributed by atoms with van der Waals surface area (Å²) in [6.45, 7) is 3.90. The molecule has 34 heavy (non-hydrogen) atoms. The van der Waals surface area contributed by atoms with Crippen molar-refractivity contribution in [2.24, 2.45) is 5.92 Å². The molecule has 0 heterocycles. The summed E-state index contributed by atoms with van der Waals surface area (Å²) >= 11 is 6.29. The third kappa shape index (κ3) is 6.15. The van der Waals surface area contributed by atoms with Crippen molar-refractivity contribution in [1.82, 2.24) is 5.32 Å². The van der Waals surface area contributed by atoms with Gasteiger partial charge in [-0.25, -0.2) is 8.42 Å². The maximum absolute atomic E-state index is 13.4. The Kier molecular flexibility index (Phi) is 8.31. The third-order valence-electron chi connectivity index (χ3n) is 4.86. The number of sulfonamides is 1. The molecule has 0 aliphatic heterocycles. The van der Waals surface area contributed by atoms with Crippen LogP contribution < -0.4 is 14.9 Å². The molecule has 0 aromatic heterocycles. The first-order valence-electron chi connectivity index (χ1n) is 10.7. The SMILES string of the molecule is CC(C)CNC(=O)c1ccccc1NC(=O)CN(c1ccccc1Cl)S(=O)(=O)c1ccccc1. The van der Waals surface area contributed by atoms with Crippen LogP contribution in [0.15, 0.2) is 83.8 Å². The highest BCUT2D eigenvalue weighted by Gasteiger charge is 2.29. The quantitative estimate of drug-likeness (QED) is 0.451. The second kappa shape index (κ2) is 11.2. The third-order valence-corrected chi connectivity index (χ3v) is 6.95.